The van der Waals surface area contributed by atoms with E-state index in [0.717, 1.165) is 39.9 Å². The zero-order valence-electron chi connectivity index (χ0n) is 15.2. The Morgan fingerprint density at radius 3 is 2.11 bits per heavy atom. The lowest BCUT2D eigenvalue weighted by atomic mass is 9.96. The monoisotopic (exact) mass is 383 g/mol. The van der Waals surface area contributed by atoms with E-state index in [1.807, 2.05) is 48.5 Å². The number of imidazole rings is 1. The molecule has 2 heterocycles. The molecule has 28 heavy (non-hydrogen) atoms. The Hall–Kier alpha value is -3.17. The highest BCUT2D eigenvalue weighted by molar-refractivity contribution is 6.30. The number of benzene rings is 3. The van der Waals surface area contributed by atoms with Crippen molar-refractivity contribution >= 4 is 23.3 Å². The van der Waals surface area contributed by atoms with Crippen molar-refractivity contribution in [3.63, 3.8) is 0 Å². The van der Waals surface area contributed by atoms with Crippen LogP contribution in [0.4, 0.5) is 5.95 Å². The molecular weight excluding hydrogens is 366 g/mol. The van der Waals surface area contributed by atoms with Crippen LogP contribution in [-0.4, -0.2) is 15.3 Å². The van der Waals surface area contributed by atoms with E-state index in [-0.39, 0.29) is 6.04 Å². The van der Waals surface area contributed by atoms with Crippen LogP contribution in [0.5, 0.6) is 0 Å². The van der Waals surface area contributed by atoms with Crippen molar-refractivity contribution in [2.45, 2.75) is 12.5 Å². The number of hydrogen-bond donors (Lipinski definition) is 0. The highest BCUT2D eigenvalue weighted by atomic mass is 35.5. The van der Waals surface area contributed by atoms with E-state index in [0.29, 0.717) is 0 Å². The van der Waals surface area contributed by atoms with Crippen molar-refractivity contribution in [1.82, 2.24) is 9.55 Å². The average molecular weight is 384 g/mol. The van der Waals surface area contributed by atoms with E-state index in [4.69, 9.17) is 21.6 Å². The van der Waals surface area contributed by atoms with Crippen molar-refractivity contribution in [1.29, 1.82) is 0 Å². The first-order valence-corrected chi connectivity index (χ1v) is 9.68. The summed E-state index contributed by atoms with van der Waals surface area (Å²) in [5, 5.41) is 0.743. The second kappa shape index (κ2) is 7.10. The molecular formula is C24H18ClN3. The molecule has 0 fully saturated rings. The van der Waals surface area contributed by atoms with E-state index in [9.17, 15) is 0 Å². The van der Waals surface area contributed by atoms with Crippen LogP contribution in [-0.2, 0) is 0 Å². The normalized spacial score (nSPS) is 15.8. The Bertz CT molecular complexity index is 1130. The molecule has 0 amide bonds. The summed E-state index contributed by atoms with van der Waals surface area (Å²) in [6.45, 7) is 0. The van der Waals surface area contributed by atoms with Crippen LogP contribution < -0.4 is 0 Å². The van der Waals surface area contributed by atoms with Gasteiger partial charge in [-0.15, -0.1) is 0 Å². The summed E-state index contributed by atoms with van der Waals surface area (Å²) in [5.41, 5.74) is 5.42. The fourth-order valence-electron chi connectivity index (χ4n) is 3.67. The van der Waals surface area contributed by atoms with Crippen LogP contribution in [0.3, 0.4) is 0 Å². The number of aromatic nitrogens is 2. The highest BCUT2D eigenvalue weighted by Gasteiger charge is 2.26. The third kappa shape index (κ3) is 3.14. The summed E-state index contributed by atoms with van der Waals surface area (Å²) in [6, 6.07) is 28.8. The summed E-state index contributed by atoms with van der Waals surface area (Å²) in [5.74, 6) is 0.740. The number of aliphatic imine (C=N–C) groups is 1. The Balaban J connectivity index is 1.64. The van der Waals surface area contributed by atoms with Gasteiger partial charge in [0.05, 0.1) is 17.4 Å². The highest BCUT2D eigenvalue weighted by Crippen LogP contribution is 2.36. The number of fused-ring (bicyclic) bond motifs is 1. The van der Waals surface area contributed by atoms with Gasteiger partial charge in [-0.2, -0.15) is 0 Å². The summed E-state index contributed by atoms with van der Waals surface area (Å²) in [7, 11) is 0. The van der Waals surface area contributed by atoms with Crippen LogP contribution in [0.25, 0.3) is 11.3 Å². The van der Waals surface area contributed by atoms with Gasteiger partial charge in [-0.25, -0.2) is 9.98 Å². The predicted molar refractivity (Wildman–Crippen MR) is 115 cm³/mol. The molecule has 0 saturated carbocycles. The zero-order valence-corrected chi connectivity index (χ0v) is 15.9. The van der Waals surface area contributed by atoms with Gasteiger partial charge in [-0.3, -0.25) is 0 Å². The molecule has 5 rings (SSSR count). The Morgan fingerprint density at radius 1 is 0.786 bits per heavy atom. The van der Waals surface area contributed by atoms with E-state index < -0.39 is 0 Å². The number of nitrogens with zero attached hydrogens (tertiary/aromatic N) is 3. The van der Waals surface area contributed by atoms with E-state index in [1.165, 1.54) is 5.56 Å². The Morgan fingerprint density at radius 2 is 1.43 bits per heavy atom. The van der Waals surface area contributed by atoms with Gasteiger partial charge < -0.3 is 4.57 Å². The van der Waals surface area contributed by atoms with Crippen LogP contribution in [0.15, 0.2) is 96.1 Å². The van der Waals surface area contributed by atoms with Crippen LogP contribution >= 0.6 is 11.6 Å². The van der Waals surface area contributed by atoms with E-state index >= 15 is 0 Å². The van der Waals surface area contributed by atoms with Crippen molar-refractivity contribution in [2.75, 3.05) is 0 Å². The van der Waals surface area contributed by atoms with Crippen molar-refractivity contribution in [2.24, 2.45) is 4.99 Å². The SMILES string of the molecule is Clc1ccc(C2CC(c3ccccc3)=Nc3nc(-c4ccccc4)cn32)cc1. The summed E-state index contributed by atoms with van der Waals surface area (Å²) in [6.07, 6.45) is 2.92. The fourth-order valence-corrected chi connectivity index (χ4v) is 3.79. The van der Waals surface area contributed by atoms with Gasteiger partial charge in [0.15, 0.2) is 0 Å². The molecule has 1 unspecified atom stereocenters. The zero-order chi connectivity index (χ0) is 18.9. The average Bonchev–Trinajstić information content (AvgIpc) is 3.19. The smallest absolute Gasteiger partial charge is 0.230 e. The molecule has 0 bridgehead atoms. The van der Waals surface area contributed by atoms with Gasteiger partial charge in [0.2, 0.25) is 5.95 Å². The number of halogens is 1. The second-order valence-electron chi connectivity index (χ2n) is 6.90. The lowest BCUT2D eigenvalue weighted by Crippen LogP contribution is -2.19. The van der Waals surface area contributed by atoms with E-state index in [2.05, 4.69) is 47.2 Å². The molecule has 1 atom stereocenters. The molecule has 1 aromatic heterocycles. The molecule has 4 heteroatoms. The third-order valence-corrected chi connectivity index (χ3v) is 5.35. The number of hydrogen-bond acceptors (Lipinski definition) is 2. The molecule has 1 aliphatic heterocycles. The van der Waals surface area contributed by atoms with Crippen molar-refractivity contribution < 1.29 is 0 Å². The predicted octanol–water partition coefficient (Wildman–Crippen LogP) is 6.32. The molecule has 0 radical (unpaired) electrons. The van der Waals surface area contributed by atoms with Gasteiger partial charge in [0.25, 0.3) is 0 Å². The Kier molecular flexibility index (Phi) is 4.30. The minimum absolute atomic E-state index is 0.130. The summed E-state index contributed by atoms with van der Waals surface area (Å²) in [4.78, 5) is 9.74. The molecule has 4 aromatic rings. The molecule has 0 aliphatic carbocycles. The lowest BCUT2D eigenvalue weighted by molar-refractivity contribution is 0.596. The van der Waals surface area contributed by atoms with Gasteiger partial charge in [-0.05, 0) is 23.3 Å². The maximum Gasteiger partial charge on any atom is 0.230 e. The van der Waals surface area contributed by atoms with Crippen LogP contribution in [0.1, 0.15) is 23.6 Å². The maximum absolute atomic E-state index is 6.12. The summed E-state index contributed by atoms with van der Waals surface area (Å²) < 4.78 is 2.18. The van der Waals surface area contributed by atoms with Gasteiger partial charge >= 0.3 is 0 Å². The standard InChI is InChI=1S/C24H18ClN3/c25-20-13-11-19(12-14-20)23-15-21(17-7-3-1-4-8-17)26-24-27-22(16-28(23)24)18-9-5-2-6-10-18/h1-14,16,23H,15H2. The molecule has 3 nitrogen and oxygen atoms in total. The topological polar surface area (TPSA) is 30.2 Å². The van der Waals surface area contributed by atoms with Gasteiger partial charge in [0.1, 0.15) is 0 Å². The Labute approximate surface area is 169 Å². The molecule has 0 saturated heterocycles. The van der Waals surface area contributed by atoms with Gasteiger partial charge in [0, 0.05) is 23.2 Å². The minimum Gasteiger partial charge on any atom is -0.307 e. The second-order valence-corrected chi connectivity index (χ2v) is 7.33. The molecule has 136 valence electrons. The maximum atomic E-state index is 6.12. The quantitative estimate of drug-likeness (QED) is 0.407. The lowest BCUT2D eigenvalue weighted by Gasteiger charge is -2.25. The van der Waals surface area contributed by atoms with E-state index in [1.54, 1.807) is 0 Å². The largest absolute Gasteiger partial charge is 0.307 e. The fraction of sp³-hybridized carbons (Fsp3) is 0.0833. The molecule has 0 spiro atoms. The first-order chi connectivity index (χ1) is 13.8. The van der Waals surface area contributed by atoms with Gasteiger partial charge in [-0.1, -0.05) is 84.4 Å². The minimum atomic E-state index is 0.130. The van der Waals surface area contributed by atoms with Crippen molar-refractivity contribution in [3.05, 3.63) is 107 Å². The van der Waals surface area contributed by atoms with Crippen LogP contribution in [0, 0.1) is 0 Å². The first-order valence-electron chi connectivity index (χ1n) is 9.31. The number of rotatable bonds is 3. The molecule has 3 aromatic carbocycles. The molecule has 0 N–H and O–H groups in total. The van der Waals surface area contributed by atoms with Crippen molar-refractivity contribution in [3.8, 4) is 11.3 Å². The third-order valence-electron chi connectivity index (χ3n) is 5.10. The summed E-state index contributed by atoms with van der Waals surface area (Å²) >= 11 is 6.12. The first kappa shape index (κ1) is 17.0. The van der Waals surface area contributed by atoms with Crippen LogP contribution in [0.2, 0.25) is 5.02 Å². The molecule has 1 aliphatic rings.